The highest BCUT2D eigenvalue weighted by Crippen LogP contribution is 2.43. The van der Waals surface area contributed by atoms with Crippen molar-refractivity contribution in [2.45, 2.75) is 206 Å². The fraction of sp³-hybridized carbons (Fsp3) is 0.729. The van der Waals surface area contributed by atoms with Crippen LogP contribution in [0.5, 0.6) is 0 Å². The minimum absolute atomic E-state index is 0.149. The lowest BCUT2D eigenvalue weighted by molar-refractivity contribution is -0.161. The first-order chi connectivity index (χ1) is 29.1. The molecule has 0 aromatic heterocycles. The van der Waals surface area contributed by atoms with Crippen LogP contribution in [0.4, 0.5) is 0 Å². The van der Waals surface area contributed by atoms with Crippen molar-refractivity contribution in [3.63, 3.8) is 0 Å². The number of hydrogen-bond donors (Lipinski definition) is 3. The highest BCUT2D eigenvalue weighted by molar-refractivity contribution is 7.47. The number of hydrogen-bond acceptors (Lipinski definition) is 9. The number of esters is 2. The molecule has 0 saturated heterocycles. The first-order valence-electron chi connectivity index (χ1n) is 23.3. The zero-order valence-corrected chi connectivity index (χ0v) is 38.4. The Morgan fingerprint density at radius 1 is 0.517 bits per heavy atom. The SMILES string of the molecule is CCCCC/C=C\C/C=C\C/C=C\CCCCCCC(=O)OC[C@H](COP(=O)(O)OC[C@H](N)C(=O)O)OC(=O)CCCCCCCCCCC/C=C\C/C=C\CCCCC. The maximum absolute atomic E-state index is 12.7. The molecule has 60 heavy (non-hydrogen) atoms. The van der Waals surface area contributed by atoms with E-state index in [-0.39, 0.29) is 19.4 Å². The molecule has 0 bridgehead atoms. The quantitative estimate of drug-likeness (QED) is 0.0230. The fourth-order valence-electron chi connectivity index (χ4n) is 6.04. The number of allylic oxidation sites excluding steroid dienone is 10. The predicted octanol–water partition coefficient (Wildman–Crippen LogP) is 12.7. The number of phosphoric ester groups is 1. The van der Waals surface area contributed by atoms with Crippen molar-refractivity contribution in [1.29, 1.82) is 0 Å². The Bertz CT molecular complexity index is 1250. The van der Waals surface area contributed by atoms with E-state index >= 15 is 0 Å². The van der Waals surface area contributed by atoms with Crippen molar-refractivity contribution in [2.24, 2.45) is 5.73 Å². The molecule has 3 atom stereocenters. The average molecular weight is 866 g/mol. The highest BCUT2D eigenvalue weighted by atomic mass is 31.2. The largest absolute Gasteiger partial charge is 0.480 e. The van der Waals surface area contributed by atoms with Gasteiger partial charge in [0.25, 0.3) is 0 Å². The van der Waals surface area contributed by atoms with E-state index < -0.39 is 51.1 Å². The first kappa shape index (κ1) is 57.2. The molecule has 0 radical (unpaired) electrons. The van der Waals surface area contributed by atoms with Gasteiger partial charge in [-0.1, -0.05) is 158 Å². The number of nitrogens with two attached hydrogens (primary N) is 1. The third kappa shape index (κ3) is 41.9. The van der Waals surface area contributed by atoms with Crippen LogP contribution in [-0.4, -0.2) is 59.9 Å². The van der Waals surface area contributed by atoms with Gasteiger partial charge in [0.05, 0.1) is 13.2 Å². The minimum atomic E-state index is -4.73. The molecule has 0 aromatic carbocycles. The summed E-state index contributed by atoms with van der Waals surface area (Å²) in [6, 6.07) is -1.53. The third-order valence-corrected chi connectivity index (χ3v) is 10.7. The van der Waals surface area contributed by atoms with E-state index in [1.165, 1.54) is 77.0 Å². The van der Waals surface area contributed by atoms with E-state index in [1.54, 1.807) is 0 Å². The summed E-state index contributed by atoms with van der Waals surface area (Å²) in [4.78, 5) is 46.1. The van der Waals surface area contributed by atoms with Crippen molar-refractivity contribution < 1.29 is 47.5 Å². The summed E-state index contributed by atoms with van der Waals surface area (Å²) < 4.78 is 32.7. The van der Waals surface area contributed by atoms with Crippen LogP contribution in [-0.2, 0) is 37.5 Å². The standard InChI is InChI=1S/C48H84NO10P/c1-3-5-7-9-11-13-15-17-19-21-22-24-26-28-30-32-34-36-38-40-47(51)59-44(42-57-60(54,55)58-43-45(49)48(52)53)41-56-46(50)39-37-35-33-31-29-27-25-23-20-18-16-14-12-10-8-6-4-2/h11-14,17-20,25,27,44-45H,3-10,15-16,21-24,26,28-43,49H2,1-2H3,(H,52,53)(H,54,55)/b13-11-,14-12-,19-17-,20-18-,27-25-/t44-,45+/m1/s1. The second-order valence-electron chi connectivity index (χ2n) is 15.5. The first-order valence-corrected chi connectivity index (χ1v) is 24.8. The molecule has 12 heteroatoms. The van der Waals surface area contributed by atoms with Crippen LogP contribution < -0.4 is 5.73 Å². The molecule has 0 fully saturated rings. The number of unbranched alkanes of at least 4 members (excludes halogenated alkanes) is 19. The number of carboxylic acids is 1. The molecular weight excluding hydrogens is 781 g/mol. The molecule has 0 heterocycles. The topological polar surface area (TPSA) is 172 Å². The molecule has 0 aromatic rings. The van der Waals surface area contributed by atoms with E-state index in [1.807, 2.05) is 0 Å². The van der Waals surface area contributed by atoms with Crippen molar-refractivity contribution in [2.75, 3.05) is 19.8 Å². The highest BCUT2D eigenvalue weighted by Gasteiger charge is 2.28. The lowest BCUT2D eigenvalue weighted by Gasteiger charge is -2.20. The second kappa shape index (κ2) is 42.9. The van der Waals surface area contributed by atoms with Gasteiger partial charge in [0.15, 0.2) is 6.10 Å². The monoisotopic (exact) mass is 866 g/mol. The van der Waals surface area contributed by atoms with E-state index in [0.29, 0.717) is 12.8 Å². The van der Waals surface area contributed by atoms with Gasteiger partial charge in [-0.15, -0.1) is 0 Å². The second-order valence-corrected chi connectivity index (χ2v) is 17.0. The minimum Gasteiger partial charge on any atom is -0.480 e. The summed E-state index contributed by atoms with van der Waals surface area (Å²) in [6.45, 7) is 2.73. The number of phosphoric acid groups is 1. The summed E-state index contributed by atoms with van der Waals surface area (Å²) in [6.07, 6.45) is 49.9. The van der Waals surface area contributed by atoms with E-state index in [0.717, 1.165) is 77.0 Å². The molecule has 0 amide bonds. The van der Waals surface area contributed by atoms with Crippen molar-refractivity contribution in [1.82, 2.24) is 0 Å². The van der Waals surface area contributed by atoms with Crippen LogP contribution in [0, 0.1) is 0 Å². The number of aliphatic carboxylic acids is 1. The van der Waals surface area contributed by atoms with Crippen LogP contribution in [0.15, 0.2) is 60.8 Å². The molecule has 4 N–H and O–H groups in total. The van der Waals surface area contributed by atoms with Gasteiger partial charge in [-0.25, -0.2) is 4.57 Å². The van der Waals surface area contributed by atoms with Gasteiger partial charge in [-0.05, 0) is 83.5 Å². The Morgan fingerprint density at radius 2 is 0.883 bits per heavy atom. The molecular formula is C48H84NO10P. The lowest BCUT2D eigenvalue weighted by Crippen LogP contribution is -2.34. The van der Waals surface area contributed by atoms with Gasteiger partial charge in [-0.3, -0.25) is 23.4 Å². The maximum Gasteiger partial charge on any atom is 0.472 e. The van der Waals surface area contributed by atoms with E-state index in [4.69, 9.17) is 24.8 Å². The van der Waals surface area contributed by atoms with Crippen LogP contribution in [0.2, 0.25) is 0 Å². The summed E-state index contributed by atoms with van der Waals surface area (Å²) in [5.74, 6) is -2.41. The Morgan fingerprint density at radius 3 is 1.32 bits per heavy atom. The lowest BCUT2D eigenvalue weighted by atomic mass is 10.1. The summed E-state index contributed by atoms with van der Waals surface area (Å²) in [5, 5.41) is 8.90. The van der Waals surface area contributed by atoms with Gasteiger partial charge < -0.3 is 25.2 Å². The molecule has 346 valence electrons. The van der Waals surface area contributed by atoms with Crippen molar-refractivity contribution in [3.05, 3.63) is 60.8 Å². The van der Waals surface area contributed by atoms with Gasteiger partial charge in [0, 0.05) is 12.8 Å². The van der Waals surface area contributed by atoms with E-state index in [2.05, 4.69) is 79.1 Å². The summed E-state index contributed by atoms with van der Waals surface area (Å²) in [7, 11) is -4.73. The maximum atomic E-state index is 12.7. The fourth-order valence-corrected chi connectivity index (χ4v) is 6.82. The van der Waals surface area contributed by atoms with Crippen LogP contribution in [0.25, 0.3) is 0 Å². The normalized spacial score (nSPS) is 14.2. The zero-order valence-electron chi connectivity index (χ0n) is 37.5. The number of carbonyl (C=O) groups excluding carboxylic acids is 2. The number of carbonyl (C=O) groups is 3. The Kier molecular flexibility index (Phi) is 40.8. The van der Waals surface area contributed by atoms with Crippen LogP contribution in [0.3, 0.4) is 0 Å². The van der Waals surface area contributed by atoms with Crippen LogP contribution in [0.1, 0.15) is 194 Å². The summed E-state index contributed by atoms with van der Waals surface area (Å²) >= 11 is 0. The third-order valence-electron chi connectivity index (χ3n) is 9.74. The molecule has 0 spiro atoms. The van der Waals surface area contributed by atoms with Gasteiger partial charge >= 0.3 is 25.7 Å². The Hall–Kier alpha value is -2.82. The number of ether oxygens (including phenoxy) is 2. The molecule has 1 unspecified atom stereocenters. The zero-order chi connectivity index (χ0) is 44.2. The van der Waals surface area contributed by atoms with E-state index in [9.17, 15) is 23.8 Å². The number of rotatable bonds is 43. The molecule has 0 rings (SSSR count). The molecule has 0 aliphatic rings. The molecule has 0 aliphatic carbocycles. The Balaban J connectivity index is 4.37. The average Bonchev–Trinajstić information content (AvgIpc) is 3.22. The summed E-state index contributed by atoms with van der Waals surface area (Å²) in [5.41, 5.74) is 5.34. The molecule has 11 nitrogen and oxygen atoms in total. The van der Waals surface area contributed by atoms with Gasteiger partial charge in [0.2, 0.25) is 0 Å². The van der Waals surface area contributed by atoms with Crippen molar-refractivity contribution >= 4 is 25.7 Å². The number of carboxylic acid groups (broad SMARTS) is 1. The van der Waals surface area contributed by atoms with Gasteiger partial charge in [0.1, 0.15) is 12.6 Å². The van der Waals surface area contributed by atoms with Crippen molar-refractivity contribution in [3.8, 4) is 0 Å². The van der Waals surface area contributed by atoms with Gasteiger partial charge in [-0.2, -0.15) is 0 Å². The Labute approximate surface area is 364 Å². The van der Waals surface area contributed by atoms with Crippen LogP contribution >= 0.6 is 7.82 Å². The molecule has 0 aliphatic heterocycles. The smallest absolute Gasteiger partial charge is 0.472 e. The predicted molar refractivity (Wildman–Crippen MR) is 245 cm³/mol. The molecule has 0 saturated carbocycles.